The van der Waals surface area contributed by atoms with Gasteiger partial charge in [0.2, 0.25) is 0 Å². The predicted octanol–water partition coefficient (Wildman–Crippen LogP) is 2.86. The third-order valence-corrected chi connectivity index (χ3v) is 3.85. The number of hydrogen-bond acceptors (Lipinski definition) is 0. The van der Waals surface area contributed by atoms with Crippen LogP contribution in [-0.4, -0.2) is 9.52 Å². The van der Waals surface area contributed by atoms with E-state index in [1.54, 1.807) is 0 Å². The largest absolute Gasteiger partial charge is 0.0875 e. The molecule has 0 aliphatic heterocycles. The minimum absolute atomic E-state index is 0.234. The van der Waals surface area contributed by atoms with Crippen molar-refractivity contribution in [3.8, 4) is 0 Å². The zero-order valence-electron chi connectivity index (χ0n) is 11.5. The average molecular weight is 244 g/mol. The summed E-state index contributed by atoms with van der Waals surface area (Å²) in [5.41, 5.74) is 0. The van der Waals surface area contributed by atoms with Crippen molar-refractivity contribution in [2.75, 3.05) is 0 Å². The SMILES string of the molecule is CC.CC.c1ccc([SiH2]c2ccccc2)cc1. The standard InChI is InChI=1S/C12H12Si.2C2H6/c1-3-7-11(8-4-1)13-12-9-5-2-6-10-12;2*1-2/h1-10H,13H2;2*1-2H3. The highest BCUT2D eigenvalue weighted by atomic mass is 28.2. The lowest BCUT2D eigenvalue weighted by molar-refractivity contribution is 1.50. The Balaban J connectivity index is 0.000000581. The molecule has 2 rings (SSSR count). The van der Waals surface area contributed by atoms with Crippen molar-refractivity contribution < 1.29 is 0 Å². The summed E-state index contributed by atoms with van der Waals surface area (Å²) in [4.78, 5) is 0. The van der Waals surface area contributed by atoms with Crippen LogP contribution in [0.25, 0.3) is 0 Å². The zero-order valence-corrected chi connectivity index (χ0v) is 12.9. The Morgan fingerprint density at radius 1 is 0.529 bits per heavy atom. The summed E-state index contributed by atoms with van der Waals surface area (Å²) in [6.07, 6.45) is 0. The molecule has 0 bridgehead atoms. The van der Waals surface area contributed by atoms with Crippen LogP contribution in [0, 0.1) is 0 Å². The zero-order chi connectivity index (χ0) is 12.9. The molecule has 0 unspecified atom stereocenters. The van der Waals surface area contributed by atoms with Gasteiger partial charge in [0.25, 0.3) is 0 Å². The second kappa shape index (κ2) is 11.2. The summed E-state index contributed by atoms with van der Waals surface area (Å²) in [5, 5.41) is 3.02. The van der Waals surface area contributed by atoms with Crippen molar-refractivity contribution in [2.45, 2.75) is 27.7 Å². The van der Waals surface area contributed by atoms with Gasteiger partial charge in [0.15, 0.2) is 0 Å². The molecule has 0 saturated heterocycles. The molecule has 0 spiro atoms. The van der Waals surface area contributed by atoms with Crippen LogP contribution >= 0.6 is 0 Å². The highest BCUT2D eigenvalue weighted by molar-refractivity contribution is 6.67. The van der Waals surface area contributed by atoms with Crippen LogP contribution in [0.1, 0.15) is 27.7 Å². The summed E-state index contributed by atoms with van der Waals surface area (Å²) >= 11 is 0. The molecule has 2 aromatic rings. The molecule has 1 heteroatoms. The van der Waals surface area contributed by atoms with Gasteiger partial charge in [-0.05, 0) is 0 Å². The number of rotatable bonds is 2. The fraction of sp³-hybridized carbons (Fsp3) is 0.250. The van der Waals surface area contributed by atoms with Gasteiger partial charge in [-0.1, -0.05) is 98.7 Å². The molecule has 0 heterocycles. The fourth-order valence-electron chi connectivity index (χ4n) is 1.43. The molecule has 92 valence electrons. The van der Waals surface area contributed by atoms with E-state index in [2.05, 4.69) is 60.7 Å². The first kappa shape index (κ1) is 15.7. The smallest absolute Gasteiger partial charge is 0.0683 e. The van der Waals surface area contributed by atoms with Crippen LogP contribution in [0.2, 0.25) is 0 Å². The maximum Gasteiger partial charge on any atom is 0.0875 e. The van der Waals surface area contributed by atoms with Crippen molar-refractivity contribution in [1.82, 2.24) is 0 Å². The van der Waals surface area contributed by atoms with E-state index in [1.807, 2.05) is 27.7 Å². The lowest BCUT2D eigenvalue weighted by Gasteiger charge is -1.99. The fourth-order valence-corrected chi connectivity index (χ4v) is 2.91. The van der Waals surface area contributed by atoms with Crippen molar-refractivity contribution in [3.63, 3.8) is 0 Å². The van der Waals surface area contributed by atoms with Gasteiger partial charge in [-0.2, -0.15) is 0 Å². The van der Waals surface area contributed by atoms with E-state index in [0.29, 0.717) is 0 Å². The van der Waals surface area contributed by atoms with Crippen molar-refractivity contribution in [2.24, 2.45) is 0 Å². The van der Waals surface area contributed by atoms with Gasteiger partial charge in [-0.3, -0.25) is 0 Å². The van der Waals surface area contributed by atoms with Gasteiger partial charge in [0, 0.05) is 0 Å². The summed E-state index contributed by atoms with van der Waals surface area (Å²) in [6, 6.07) is 21.5. The normalized spacial score (nSPS) is 8.24. The molecule has 0 saturated carbocycles. The van der Waals surface area contributed by atoms with E-state index in [1.165, 1.54) is 10.4 Å². The Bertz CT molecular complexity index is 316. The molecule has 0 aromatic heterocycles. The lowest BCUT2D eigenvalue weighted by Crippen LogP contribution is -2.26. The average Bonchev–Trinajstić information content (AvgIpc) is 2.45. The molecule has 0 amide bonds. The summed E-state index contributed by atoms with van der Waals surface area (Å²) in [6.45, 7) is 8.00. The minimum Gasteiger partial charge on any atom is -0.0683 e. The van der Waals surface area contributed by atoms with Gasteiger partial charge in [-0.25, -0.2) is 0 Å². The lowest BCUT2D eigenvalue weighted by atomic mass is 10.4. The first-order valence-electron chi connectivity index (χ1n) is 6.53. The van der Waals surface area contributed by atoms with Gasteiger partial charge < -0.3 is 0 Å². The van der Waals surface area contributed by atoms with E-state index >= 15 is 0 Å². The molecule has 0 fully saturated rings. The second-order valence-corrected chi connectivity index (χ2v) is 5.13. The first-order valence-corrected chi connectivity index (χ1v) is 7.94. The third-order valence-electron chi connectivity index (χ3n) is 2.09. The Hall–Kier alpha value is -1.34. The summed E-state index contributed by atoms with van der Waals surface area (Å²) in [7, 11) is -0.234. The quantitative estimate of drug-likeness (QED) is 0.713. The van der Waals surface area contributed by atoms with Gasteiger partial charge >= 0.3 is 0 Å². The highest BCUT2D eigenvalue weighted by Crippen LogP contribution is 1.84. The van der Waals surface area contributed by atoms with Crippen LogP contribution < -0.4 is 10.4 Å². The number of benzene rings is 2. The maximum absolute atomic E-state index is 2.22. The van der Waals surface area contributed by atoms with Crippen molar-refractivity contribution in [1.29, 1.82) is 0 Å². The molecule has 0 aliphatic carbocycles. The van der Waals surface area contributed by atoms with E-state index < -0.39 is 0 Å². The van der Waals surface area contributed by atoms with E-state index in [-0.39, 0.29) is 9.52 Å². The Morgan fingerprint density at radius 3 is 1.12 bits per heavy atom. The molecular formula is C16H24Si. The monoisotopic (exact) mass is 244 g/mol. The first-order chi connectivity index (χ1) is 8.45. The van der Waals surface area contributed by atoms with Gasteiger partial charge in [0.1, 0.15) is 0 Å². The van der Waals surface area contributed by atoms with E-state index in [0.717, 1.165) is 0 Å². The van der Waals surface area contributed by atoms with Gasteiger partial charge in [0.05, 0.1) is 9.52 Å². The Labute approximate surface area is 109 Å². The summed E-state index contributed by atoms with van der Waals surface area (Å²) < 4.78 is 0. The van der Waals surface area contributed by atoms with Gasteiger partial charge in [-0.15, -0.1) is 0 Å². The molecule has 17 heavy (non-hydrogen) atoms. The molecular weight excluding hydrogens is 220 g/mol. The number of hydrogen-bond donors (Lipinski definition) is 0. The molecule has 0 radical (unpaired) electrons. The van der Waals surface area contributed by atoms with Crippen LogP contribution in [0.15, 0.2) is 60.7 Å². The topological polar surface area (TPSA) is 0 Å². The van der Waals surface area contributed by atoms with E-state index in [9.17, 15) is 0 Å². The van der Waals surface area contributed by atoms with Crippen LogP contribution in [0.4, 0.5) is 0 Å². The Morgan fingerprint density at radius 2 is 0.824 bits per heavy atom. The molecule has 0 aliphatic rings. The summed E-state index contributed by atoms with van der Waals surface area (Å²) in [5.74, 6) is 0. The minimum atomic E-state index is -0.234. The molecule has 0 nitrogen and oxygen atoms in total. The Kier molecular flexibility index (Phi) is 10.3. The van der Waals surface area contributed by atoms with Crippen molar-refractivity contribution in [3.05, 3.63) is 60.7 Å². The predicted molar refractivity (Wildman–Crippen MR) is 83.4 cm³/mol. The van der Waals surface area contributed by atoms with Crippen LogP contribution in [0.3, 0.4) is 0 Å². The highest BCUT2D eigenvalue weighted by Gasteiger charge is 1.93. The van der Waals surface area contributed by atoms with Crippen LogP contribution in [-0.2, 0) is 0 Å². The molecule has 0 atom stereocenters. The van der Waals surface area contributed by atoms with Crippen molar-refractivity contribution >= 4 is 19.9 Å². The molecule has 2 aromatic carbocycles. The second-order valence-electron chi connectivity index (χ2n) is 3.15. The molecule has 0 N–H and O–H groups in total. The van der Waals surface area contributed by atoms with E-state index in [4.69, 9.17) is 0 Å². The maximum atomic E-state index is 2.22. The third kappa shape index (κ3) is 6.75. The van der Waals surface area contributed by atoms with Crippen LogP contribution in [0.5, 0.6) is 0 Å².